The number of aryl methyl sites for hydroxylation is 1. The molecule has 194 valence electrons. The van der Waals surface area contributed by atoms with Crippen molar-refractivity contribution in [2.24, 2.45) is 0 Å². The van der Waals surface area contributed by atoms with Gasteiger partial charge < -0.3 is 10.3 Å². The van der Waals surface area contributed by atoms with E-state index >= 15 is 0 Å². The predicted molar refractivity (Wildman–Crippen MR) is 144 cm³/mol. The van der Waals surface area contributed by atoms with Gasteiger partial charge in [-0.25, -0.2) is 9.37 Å². The standard InChI is InChI=1S/C28H20BrClF4N4/c1-16-9-22(29)25-23(10-16)36-26(37-25)38-27(14-17-5-3-2-4-6-17,24-8-7-20(30)15-35-24)18-11-19(28(32,33)34)13-21(31)12-18/h2-13,15H,14H2,1H3,(H2,36,37,38)/t27-/m1/s1. The highest BCUT2D eigenvalue weighted by molar-refractivity contribution is 9.10. The lowest BCUT2D eigenvalue weighted by Crippen LogP contribution is -2.40. The molecule has 3 aromatic carbocycles. The lowest BCUT2D eigenvalue weighted by atomic mass is 9.80. The van der Waals surface area contributed by atoms with Gasteiger partial charge in [-0.3, -0.25) is 4.98 Å². The Balaban J connectivity index is 1.79. The fraction of sp³-hybridized carbons (Fsp3) is 0.143. The Morgan fingerprint density at radius 2 is 1.71 bits per heavy atom. The van der Waals surface area contributed by atoms with Gasteiger partial charge >= 0.3 is 6.18 Å². The van der Waals surface area contributed by atoms with Crippen molar-refractivity contribution in [3.05, 3.63) is 122 Å². The number of benzene rings is 3. The number of halogens is 6. The molecule has 0 fully saturated rings. The Bertz CT molecular complexity index is 1600. The van der Waals surface area contributed by atoms with Crippen LogP contribution >= 0.6 is 27.5 Å². The van der Waals surface area contributed by atoms with Crippen molar-refractivity contribution in [3.8, 4) is 0 Å². The molecule has 1 atom stereocenters. The van der Waals surface area contributed by atoms with E-state index in [1.165, 1.54) is 6.20 Å². The molecule has 2 aromatic heterocycles. The lowest BCUT2D eigenvalue weighted by molar-refractivity contribution is -0.137. The molecule has 0 saturated heterocycles. The minimum absolute atomic E-state index is 0.0270. The topological polar surface area (TPSA) is 53.6 Å². The van der Waals surface area contributed by atoms with Gasteiger partial charge in [0.2, 0.25) is 5.95 Å². The van der Waals surface area contributed by atoms with Crippen molar-refractivity contribution < 1.29 is 17.6 Å². The summed E-state index contributed by atoms with van der Waals surface area (Å²) in [6, 6.07) is 18.7. The molecule has 38 heavy (non-hydrogen) atoms. The molecule has 4 nitrogen and oxygen atoms in total. The Labute approximate surface area is 229 Å². The molecule has 0 aliphatic carbocycles. The summed E-state index contributed by atoms with van der Waals surface area (Å²) in [6.45, 7) is 1.93. The number of aromatic nitrogens is 3. The van der Waals surface area contributed by atoms with Gasteiger partial charge in [0, 0.05) is 17.1 Å². The van der Waals surface area contributed by atoms with Crippen LogP contribution in [0.15, 0.2) is 83.5 Å². The molecule has 10 heteroatoms. The summed E-state index contributed by atoms with van der Waals surface area (Å²) in [7, 11) is 0. The van der Waals surface area contributed by atoms with Crippen LogP contribution in [-0.4, -0.2) is 15.0 Å². The SMILES string of the molecule is Cc1cc(Br)c2nc(N[C@](Cc3ccccc3)(c3cc(F)cc(C(F)(F)F)c3)c3ccc(Cl)cn3)[nH]c2c1. The molecular weight excluding hydrogens is 584 g/mol. The van der Waals surface area contributed by atoms with Gasteiger partial charge in [-0.1, -0.05) is 41.9 Å². The number of anilines is 1. The van der Waals surface area contributed by atoms with Crippen LogP contribution in [-0.2, 0) is 18.1 Å². The third kappa shape index (κ3) is 5.26. The number of nitrogens with one attached hydrogen (secondary N) is 2. The van der Waals surface area contributed by atoms with E-state index in [1.54, 1.807) is 12.1 Å². The Kier molecular flexibility index (Phi) is 6.92. The summed E-state index contributed by atoms with van der Waals surface area (Å²) in [5, 5.41) is 3.66. The van der Waals surface area contributed by atoms with Crippen LogP contribution in [0.4, 0.5) is 23.5 Å². The monoisotopic (exact) mass is 602 g/mol. The summed E-state index contributed by atoms with van der Waals surface area (Å²) in [4.78, 5) is 12.3. The molecule has 5 rings (SSSR count). The minimum Gasteiger partial charge on any atom is -0.340 e. The zero-order chi connectivity index (χ0) is 27.1. The number of rotatable bonds is 6. The van der Waals surface area contributed by atoms with Crippen LogP contribution in [0.25, 0.3) is 11.0 Å². The van der Waals surface area contributed by atoms with Crippen LogP contribution in [0.1, 0.15) is 27.9 Å². The molecule has 2 heterocycles. The largest absolute Gasteiger partial charge is 0.416 e. The Morgan fingerprint density at radius 1 is 0.974 bits per heavy atom. The number of aromatic amines is 1. The first kappa shape index (κ1) is 26.2. The number of imidazole rings is 1. The summed E-state index contributed by atoms with van der Waals surface area (Å²) in [5.41, 5.74) is 0.891. The molecule has 0 radical (unpaired) electrons. The number of H-pyrrole nitrogens is 1. The molecule has 0 unspecified atom stereocenters. The van der Waals surface area contributed by atoms with Crippen molar-refractivity contribution in [2.75, 3.05) is 5.32 Å². The van der Waals surface area contributed by atoms with Gasteiger partial charge in [0.25, 0.3) is 0 Å². The number of pyridine rings is 1. The number of alkyl halides is 3. The number of fused-ring (bicyclic) bond motifs is 1. The van der Waals surface area contributed by atoms with E-state index in [0.29, 0.717) is 27.8 Å². The van der Waals surface area contributed by atoms with Gasteiger partial charge in [-0.05, 0) is 82.0 Å². The summed E-state index contributed by atoms with van der Waals surface area (Å²) in [6.07, 6.45) is -3.23. The van der Waals surface area contributed by atoms with Gasteiger partial charge in [0.05, 0.1) is 21.8 Å². The van der Waals surface area contributed by atoms with Crippen LogP contribution < -0.4 is 5.32 Å². The molecule has 0 amide bonds. The first-order valence-electron chi connectivity index (χ1n) is 11.5. The third-order valence-electron chi connectivity index (χ3n) is 6.21. The van der Waals surface area contributed by atoms with E-state index in [4.69, 9.17) is 11.6 Å². The first-order chi connectivity index (χ1) is 18.0. The number of hydrogen-bond donors (Lipinski definition) is 2. The smallest absolute Gasteiger partial charge is 0.340 e. The van der Waals surface area contributed by atoms with Crippen molar-refractivity contribution in [1.82, 2.24) is 15.0 Å². The summed E-state index contributed by atoms with van der Waals surface area (Å²) in [5.74, 6) is -0.747. The van der Waals surface area contributed by atoms with Crippen LogP contribution in [0.3, 0.4) is 0 Å². The van der Waals surface area contributed by atoms with E-state index in [2.05, 4.69) is 36.2 Å². The van der Waals surface area contributed by atoms with E-state index in [-0.39, 0.29) is 17.9 Å². The molecule has 0 spiro atoms. The summed E-state index contributed by atoms with van der Waals surface area (Å²) >= 11 is 9.63. The zero-order valence-corrected chi connectivity index (χ0v) is 22.2. The molecular formula is C28H20BrClF4N4. The highest BCUT2D eigenvalue weighted by Gasteiger charge is 2.40. The fourth-order valence-electron chi connectivity index (χ4n) is 4.52. The molecule has 0 aliphatic rings. The van der Waals surface area contributed by atoms with Crippen molar-refractivity contribution >= 4 is 44.5 Å². The third-order valence-corrected chi connectivity index (χ3v) is 7.04. The van der Waals surface area contributed by atoms with Crippen molar-refractivity contribution in [3.63, 3.8) is 0 Å². The van der Waals surface area contributed by atoms with Gasteiger partial charge in [-0.2, -0.15) is 13.2 Å². The maximum Gasteiger partial charge on any atom is 0.416 e. The molecule has 0 saturated carbocycles. The van der Waals surface area contributed by atoms with Crippen LogP contribution in [0.5, 0.6) is 0 Å². The number of hydrogen-bond acceptors (Lipinski definition) is 3. The second kappa shape index (κ2) is 10.0. The molecule has 0 bridgehead atoms. The van der Waals surface area contributed by atoms with E-state index in [0.717, 1.165) is 27.7 Å². The van der Waals surface area contributed by atoms with E-state index in [1.807, 2.05) is 49.4 Å². The predicted octanol–water partition coefficient (Wildman–Crippen LogP) is 8.44. The second-order valence-electron chi connectivity index (χ2n) is 9.01. The van der Waals surface area contributed by atoms with Gasteiger partial charge in [0.1, 0.15) is 16.9 Å². The molecule has 2 N–H and O–H groups in total. The van der Waals surface area contributed by atoms with E-state index < -0.39 is 23.1 Å². The normalized spacial score (nSPS) is 13.4. The highest BCUT2D eigenvalue weighted by atomic mass is 79.9. The average molecular weight is 604 g/mol. The van der Waals surface area contributed by atoms with Gasteiger partial charge in [-0.15, -0.1) is 0 Å². The maximum atomic E-state index is 14.8. The van der Waals surface area contributed by atoms with Gasteiger partial charge in [0.15, 0.2) is 0 Å². The number of nitrogens with zero attached hydrogens (tertiary/aromatic N) is 2. The summed E-state index contributed by atoms with van der Waals surface area (Å²) < 4.78 is 57.0. The molecule has 5 aromatic rings. The maximum absolute atomic E-state index is 14.8. The fourth-order valence-corrected chi connectivity index (χ4v) is 5.30. The highest BCUT2D eigenvalue weighted by Crippen LogP contribution is 2.40. The average Bonchev–Trinajstić information content (AvgIpc) is 3.26. The second-order valence-corrected chi connectivity index (χ2v) is 10.3. The van der Waals surface area contributed by atoms with Crippen LogP contribution in [0, 0.1) is 12.7 Å². The zero-order valence-electron chi connectivity index (χ0n) is 19.9. The minimum atomic E-state index is -4.76. The first-order valence-corrected chi connectivity index (χ1v) is 12.7. The Morgan fingerprint density at radius 3 is 2.39 bits per heavy atom. The van der Waals surface area contributed by atoms with Crippen molar-refractivity contribution in [2.45, 2.75) is 25.1 Å². The molecule has 0 aliphatic heterocycles. The van der Waals surface area contributed by atoms with Crippen molar-refractivity contribution in [1.29, 1.82) is 0 Å². The van der Waals surface area contributed by atoms with Crippen LogP contribution in [0.2, 0.25) is 5.02 Å². The van der Waals surface area contributed by atoms with E-state index in [9.17, 15) is 17.6 Å². The quantitative estimate of drug-likeness (QED) is 0.192. The Hall–Kier alpha value is -3.43. The lowest BCUT2D eigenvalue weighted by Gasteiger charge is -2.36.